The first kappa shape index (κ1) is 25.9. The standard InChI is InChI=1S/C22H24F3N3O2S.ClH/c1-4-27(5-2)12-13-28(20(29)15-8-6-9-16(14-15)22(23,24)25)21-26-19-17(30-3)10-7-11-18(19)31-21;/h6-11,14H,4-5,12-13H2,1-3H3;1H. The van der Waals surface area contributed by atoms with Crippen LogP contribution in [0.5, 0.6) is 5.75 Å². The van der Waals surface area contributed by atoms with E-state index in [1.807, 2.05) is 26.0 Å². The molecule has 5 nitrogen and oxygen atoms in total. The molecule has 0 atom stereocenters. The summed E-state index contributed by atoms with van der Waals surface area (Å²) >= 11 is 1.31. The number of hydrogen-bond acceptors (Lipinski definition) is 5. The highest BCUT2D eigenvalue weighted by Gasteiger charge is 2.32. The van der Waals surface area contributed by atoms with Gasteiger partial charge in [-0.15, -0.1) is 12.4 Å². The maximum atomic E-state index is 13.3. The molecule has 10 heteroatoms. The van der Waals surface area contributed by atoms with Gasteiger partial charge in [0.25, 0.3) is 5.91 Å². The minimum atomic E-state index is -4.52. The fraction of sp³-hybridized carbons (Fsp3) is 0.364. The maximum Gasteiger partial charge on any atom is 0.416 e. The van der Waals surface area contributed by atoms with Crippen LogP contribution >= 0.6 is 23.7 Å². The largest absolute Gasteiger partial charge is 0.494 e. The van der Waals surface area contributed by atoms with E-state index in [9.17, 15) is 18.0 Å². The highest BCUT2D eigenvalue weighted by atomic mass is 35.5. The molecule has 0 aliphatic heterocycles. The predicted molar refractivity (Wildman–Crippen MR) is 124 cm³/mol. The first-order valence-electron chi connectivity index (χ1n) is 9.93. The van der Waals surface area contributed by atoms with Crippen molar-refractivity contribution in [2.24, 2.45) is 0 Å². The second-order valence-electron chi connectivity index (χ2n) is 6.87. The monoisotopic (exact) mass is 487 g/mol. The number of fused-ring (bicyclic) bond motifs is 1. The average Bonchev–Trinajstić information content (AvgIpc) is 3.20. The van der Waals surface area contributed by atoms with Gasteiger partial charge in [-0.25, -0.2) is 4.98 Å². The van der Waals surface area contributed by atoms with E-state index in [-0.39, 0.29) is 18.0 Å². The zero-order valence-electron chi connectivity index (χ0n) is 18.0. The van der Waals surface area contributed by atoms with Gasteiger partial charge in [0.2, 0.25) is 0 Å². The van der Waals surface area contributed by atoms with Gasteiger partial charge >= 0.3 is 6.18 Å². The number of aromatic nitrogens is 1. The Kier molecular flexibility index (Phi) is 8.89. The number of rotatable bonds is 8. The van der Waals surface area contributed by atoms with Crippen molar-refractivity contribution >= 4 is 45.0 Å². The van der Waals surface area contributed by atoms with Crippen molar-refractivity contribution in [3.8, 4) is 5.75 Å². The number of anilines is 1. The Morgan fingerprint density at radius 1 is 1.09 bits per heavy atom. The van der Waals surface area contributed by atoms with Gasteiger partial charge in [-0.1, -0.05) is 37.3 Å². The van der Waals surface area contributed by atoms with Crippen molar-refractivity contribution in [1.82, 2.24) is 9.88 Å². The third-order valence-corrected chi connectivity index (χ3v) is 6.08. The van der Waals surface area contributed by atoms with E-state index in [4.69, 9.17) is 4.74 Å². The fourth-order valence-electron chi connectivity index (χ4n) is 3.24. The van der Waals surface area contributed by atoms with Gasteiger partial charge in [-0.2, -0.15) is 13.2 Å². The SMILES string of the molecule is CCN(CC)CCN(C(=O)c1cccc(C(F)(F)F)c1)c1nc2c(OC)cccc2s1.Cl. The minimum absolute atomic E-state index is 0. The molecule has 1 aromatic heterocycles. The lowest BCUT2D eigenvalue weighted by Gasteiger charge is -2.25. The number of methoxy groups -OCH3 is 1. The fourth-order valence-corrected chi connectivity index (χ4v) is 4.25. The molecule has 0 saturated carbocycles. The van der Waals surface area contributed by atoms with Crippen LogP contribution in [0.25, 0.3) is 10.2 Å². The van der Waals surface area contributed by atoms with Crippen LogP contribution in [0, 0.1) is 0 Å². The molecule has 0 fully saturated rings. The number of carbonyl (C=O) groups excluding carboxylic acids is 1. The van der Waals surface area contributed by atoms with Gasteiger partial charge in [0.15, 0.2) is 5.13 Å². The zero-order chi connectivity index (χ0) is 22.6. The summed E-state index contributed by atoms with van der Waals surface area (Å²) in [5.41, 5.74) is -0.261. The lowest BCUT2D eigenvalue weighted by Crippen LogP contribution is -2.39. The zero-order valence-corrected chi connectivity index (χ0v) is 19.6. The number of likely N-dealkylation sites (N-methyl/N-ethyl adjacent to an activating group) is 1. The molecule has 0 aliphatic rings. The molecule has 3 rings (SSSR count). The van der Waals surface area contributed by atoms with Gasteiger partial charge in [-0.05, 0) is 43.4 Å². The number of ether oxygens (including phenoxy) is 1. The molecule has 2 aromatic carbocycles. The third kappa shape index (κ3) is 5.70. The summed E-state index contributed by atoms with van der Waals surface area (Å²) in [6.45, 7) is 6.52. The van der Waals surface area contributed by atoms with E-state index >= 15 is 0 Å². The summed E-state index contributed by atoms with van der Waals surface area (Å²) in [7, 11) is 1.54. The molecule has 0 N–H and O–H groups in total. The molecule has 0 aliphatic carbocycles. The topological polar surface area (TPSA) is 45.7 Å². The number of halogens is 4. The van der Waals surface area contributed by atoms with Gasteiger partial charge in [0.05, 0.1) is 17.4 Å². The first-order chi connectivity index (χ1) is 14.8. The summed E-state index contributed by atoms with van der Waals surface area (Å²) in [6, 6.07) is 9.98. The van der Waals surface area contributed by atoms with Gasteiger partial charge < -0.3 is 9.64 Å². The normalized spacial score (nSPS) is 11.5. The Bertz CT molecular complexity index is 1050. The molecule has 0 radical (unpaired) electrons. The van der Waals surface area contributed by atoms with Crippen molar-refractivity contribution in [1.29, 1.82) is 0 Å². The van der Waals surface area contributed by atoms with Crippen molar-refractivity contribution in [3.05, 3.63) is 53.6 Å². The second-order valence-corrected chi connectivity index (χ2v) is 7.87. The van der Waals surface area contributed by atoms with Crippen LogP contribution in [0.3, 0.4) is 0 Å². The number of thiazole rings is 1. The number of para-hydroxylation sites is 1. The van der Waals surface area contributed by atoms with Crippen LogP contribution in [0.4, 0.5) is 18.3 Å². The number of hydrogen-bond donors (Lipinski definition) is 0. The maximum absolute atomic E-state index is 13.3. The lowest BCUT2D eigenvalue weighted by molar-refractivity contribution is -0.137. The minimum Gasteiger partial charge on any atom is -0.494 e. The van der Waals surface area contributed by atoms with Crippen LogP contribution < -0.4 is 9.64 Å². The van der Waals surface area contributed by atoms with E-state index in [0.717, 1.165) is 29.9 Å². The van der Waals surface area contributed by atoms with Crippen LogP contribution in [0.2, 0.25) is 0 Å². The van der Waals surface area contributed by atoms with Gasteiger partial charge in [-0.3, -0.25) is 9.69 Å². The van der Waals surface area contributed by atoms with Crippen molar-refractivity contribution in [2.45, 2.75) is 20.0 Å². The molecule has 174 valence electrons. The number of benzene rings is 2. The number of carbonyl (C=O) groups is 1. The lowest BCUT2D eigenvalue weighted by atomic mass is 10.1. The Labute approximate surface area is 195 Å². The molecule has 0 spiro atoms. The van der Waals surface area contributed by atoms with E-state index in [2.05, 4.69) is 9.88 Å². The molecule has 0 saturated heterocycles. The third-order valence-electron chi connectivity index (χ3n) is 5.04. The first-order valence-corrected chi connectivity index (χ1v) is 10.7. The van der Waals surface area contributed by atoms with Gasteiger partial charge in [0, 0.05) is 18.7 Å². The smallest absolute Gasteiger partial charge is 0.416 e. The summed E-state index contributed by atoms with van der Waals surface area (Å²) in [6.07, 6.45) is -4.52. The van der Waals surface area contributed by atoms with Crippen molar-refractivity contribution in [2.75, 3.05) is 38.2 Å². The van der Waals surface area contributed by atoms with E-state index in [1.54, 1.807) is 13.2 Å². The Hall–Kier alpha value is -2.36. The van der Waals surface area contributed by atoms with Crippen LogP contribution in [0.1, 0.15) is 29.8 Å². The summed E-state index contributed by atoms with van der Waals surface area (Å²) in [4.78, 5) is 21.5. The van der Waals surface area contributed by atoms with Crippen LogP contribution in [-0.2, 0) is 6.18 Å². The molecule has 0 bridgehead atoms. The predicted octanol–water partition coefficient (Wildman–Crippen LogP) is 5.73. The van der Waals surface area contributed by atoms with E-state index < -0.39 is 17.6 Å². The Morgan fingerprint density at radius 3 is 2.41 bits per heavy atom. The molecule has 1 amide bonds. The summed E-state index contributed by atoms with van der Waals surface area (Å²) < 4.78 is 45.7. The highest BCUT2D eigenvalue weighted by Crippen LogP contribution is 2.35. The number of amides is 1. The average molecular weight is 488 g/mol. The number of nitrogens with zero attached hydrogens (tertiary/aromatic N) is 3. The number of alkyl halides is 3. The molecule has 32 heavy (non-hydrogen) atoms. The second kappa shape index (κ2) is 11.0. The quantitative estimate of drug-likeness (QED) is 0.407. The molecule has 1 heterocycles. The van der Waals surface area contributed by atoms with Crippen LogP contribution in [-0.4, -0.2) is 49.1 Å². The molecular formula is C22H25ClF3N3O2S. The van der Waals surface area contributed by atoms with Gasteiger partial charge in [0.1, 0.15) is 11.3 Å². The Morgan fingerprint density at radius 2 is 1.78 bits per heavy atom. The Balaban J connectivity index is 0.00000363. The summed E-state index contributed by atoms with van der Waals surface area (Å²) in [5, 5.41) is 0.425. The highest BCUT2D eigenvalue weighted by molar-refractivity contribution is 7.22. The van der Waals surface area contributed by atoms with Crippen molar-refractivity contribution < 1.29 is 22.7 Å². The van der Waals surface area contributed by atoms with E-state index in [0.29, 0.717) is 29.5 Å². The van der Waals surface area contributed by atoms with Crippen LogP contribution in [0.15, 0.2) is 42.5 Å². The summed E-state index contributed by atoms with van der Waals surface area (Å²) in [5.74, 6) is 0.0616. The van der Waals surface area contributed by atoms with E-state index in [1.165, 1.54) is 28.4 Å². The van der Waals surface area contributed by atoms with Crippen molar-refractivity contribution in [3.63, 3.8) is 0 Å². The molecule has 3 aromatic rings. The molecular weight excluding hydrogens is 463 g/mol. The molecule has 0 unspecified atom stereocenters.